The molecule has 0 amide bonds. The predicted octanol–water partition coefficient (Wildman–Crippen LogP) is 2.22. The number of hydrogen-bond acceptors (Lipinski definition) is 4. The first kappa shape index (κ1) is 11.8. The lowest BCUT2D eigenvalue weighted by Crippen LogP contribution is -2.34. The van der Waals surface area contributed by atoms with Gasteiger partial charge < -0.3 is 4.74 Å². The number of esters is 1. The highest BCUT2D eigenvalue weighted by molar-refractivity contribution is 7.99. The molecule has 1 aromatic carbocycles. The topological polar surface area (TPSA) is 38.3 Å². The van der Waals surface area contributed by atoms with Gasteiger partial charge in [0.15, 0.2) is 0 Å². The minimum absolute atomic E-state index is 0.0674. The SMILES string of the molecule is COC(=O)C1CSC(c2ccccc2Cl)N1. The second-order valence-electron chi connectivity index (χ2n) is 3.48. The molecule has 1 aliphatic rings. The molecule has 0 spiro atoms. The fourth-order valence-electron chi connectivity index (χ4n) is 1.62. The first-order chi connectivity index (χ1) is 7.72. The van der Waals surface area contributed by atoms with E-state index in [9.17, 15) is 4.79 Å². The van der Waals surface area contributed by atoms with E-state index < -0.39 is 0 Å². The molecule has 0 aliphatic carbocycles. The number of hydrogen-bond donors (Lipinski definition) is 1. The van der Waals surface area contributed by atoms with E-state index in [1.807, 2.05) is 24.3 Å². The van der Waals surface area contributed by atoms with Gasteiger partial charge in [-0.25, -0.2) is 0 Å². The van der Waals surface area contributed by atoms with Gasteiger partial charge in [0.25, 0.3) is 0 Å². The molecule has 1 saturated heterocycles. The Morgan fingerprint density at radius 3 is 3.00 bits per heavy atom. The van der Waals surface area contributed by atoms with E-state index in [2.05, 4.69) is 5.32 Å². The molecule has 0 bridgehead atoms. The Kier molecular flexibility index (Phi) is 3.74. The molecule has 0 saturated carbocycles. The Bertz CT molecular complexity index is 399. The van der Waals surface area contributed by atoms with Crippen LogP contribution in [0.25, 0.3) is 0 Å². The number of methoxy groups -OCH3 is 1. The molecule has 1 aromatic rings. The van der Waals surface area contributed by atoms with Gasteiger partial charge in [0, 0.05) is 10.8 Å². The van der Waals surface area contributed by atoms with Crippen molar-refractivity contribution in [2.24, 2.45) is 0 Å². The zero-order valence-corrected chi connectivity index (χ0v) is 10.3. The lowest BCUT2D eigenvalue weighted by molar-refractivity contribution is -0.142. The molecule has 3 nitrogen and oxygen atoms in total. The van der Waals surface area contributed by atoms with Crippen LogP contribution in [0.4, 0.5) is 0 Å². The minimum Gasteiger partial charge on any atom is -0.468 e. The van der Waals surface area contributed by atoms with E-state index in [1.165, 1.54) is 7.11 Å². The van der Waals surface area contributed by atoms with E-state index in [0.29, 0.717) is 5.75 Å². The number of thioether (sulfide) groups is 1. The Morgan fingerprint density at radius 1 is 1.56 bits per heavy atom. The summed E-state index contributed by atoms with van der Waals surface area (Å²) in [6.07, 6.45) is 0. The molecule has 1 aliphatic heterocycles. The van der Waals surface area contributed by atoms with Crippen LogP contribution in [0, 0.1) is 0 Å². The van der Waals surface area contributed by atoms with Crippen LogP contribution >= 0.6 is 23.4 Å². The molecule has 1 N–H and O–H groups in total. The van der Waals surface area contributed by atoms with Crippen molar-refractivity contribution in [3.63, 3.8) is 0 Å². The summed E-state index contributed by atoms with van der Waals surface area (Å²) in [4.78, 5) is 11.3. The Hall–Kier alpha value is -0.710. The smallest absolute Gasteiger partial charge is 0.323 e. The predicted molar refractivity (Wildman–Crippen MR) is 65.6 cm³/mol. The summed E-state index contributed by atoms with van der Waals surface area (Å²) in [5, 5.41) is 3.99. The van der Waals surface area contributed by atoms with Crippen molar-refractivity contribution >= 4 is 29.3 Å². The van der Waals surface area contributed by atoms with Crippen molar-refractivity contribution in [3.05, 3.63) is 34.9 Å². The van der Waals surface area contributed by atoms with Crippen LogP contribution in [0.1, 0.15) is 10.9 Å². The number of nitrogens with one attached hydrogen (secondary N) is 1. The van der Waals surface area contributed by atoms with Crippen LogP contribution in [0.3, 0.4) is 0 Å². The van der Waals surface area contributed by atoms with Crippen LogP contribution in [0.2, 0.25) is 5.02 Å². The molecule has 2 atom stereocenters. The van der Waals surface area contributed by atoms with Gasteiger partial charge in [0.05, 0.1) is 12.5 Å². The van der Waals surface area contributed by atoms with Crippen LogP contribution in [-0.2, 0) is 9.53 Å². The third-order valence-corrected chi connectivity index (χ3v) is 4.05. The zero-order chi connectivity index (χ0) is 11.5. The van der Waals surface area contributed by atoms with Gasteiger partial charge in [0.1, 0.15) is 6.04 Å². The quantitative estimate of drug-likeness (QED) is 0.825. The van der Waals surface area contributed by atoms with Crippen molar-refractivity contribution in [2.45, 2.75) is 11.4 Å². The summed E-state index contributed by atoms with van der Waals surface area (Å²) in [6.45, 7) is 0. The van der Waals surface area contributed by atoms with Gasteiger partial charge in [-0.2, -0.15) is 0 Å². The maximum absolute atomic E-state index is 11.3. The normalized spacial score (nSPS) is 24.4. The number of carbonyl (C=O) groups excluding carboxylic acids is 1. The average Bonchev–Trinajstić information content (AvgIpc) is 2.78. The van der Waals surface area contributed by atoms with Gasteiger partial charge in [-0.15, -0.1) is 11.8 Å². The molecular weight excluding hydrogens is 246 g/mol. The average molecular weight is 258 g/mol. The number of ether oxygens (including phenoxy) is 1. The minimum atomic E-state index is -0.240. The van der Waals surface area contributed by atoms with E-state index in [0.717, 1.165) is 10.6 Å². The van der Waals surface area contributed by atoms with Crippen molar-refractivity contribution in [1.29, 1.82) is 0 Å². The first-order valence-electron chi connectivity index (χ1n) is 4.92. The highest BCUT2D eigenvalue weighted by atomic mass is 35.5. The van der Waals surface area contributed by atoms with Gasteiger partial charge in [-0.1, -0.05) is 29.8 Å². The molecule has 1 fully saturated rings. The largest absolute Gasteiger partial charge is 0.468 e. The Morgan fingerprint density at radius 2 is 2.31 bits per heavy atom. The summed E-state index contributed by atoms with van der Waals surface area (Å²) < 4.78 is 4.70. The monoisotopic (exact) mass is 257 g/mol. The number of benzene rings is 1. The number of halogens is 1. The maximum atomic E-state index is 11.3. The highest BCUT2D eigenvalue weighted by Crippen LogP contribution is 2.36. The van der Waals surface area contributed by atoms with Crippen LogP contribution < -0.4 is 5.32 Å². The standard InChI is InChI=1S/C11H12ClNO2S/c1-15-11(14)9-6-16-10(13-9)7-4-2-3-5-8(7)12/h2-5,9-10,13H,6H2,1H3. The van der Waals surface area contributed by atoms with E-state index in [4.69, 9.17) is 16.3 Å². The van der Waals surface area contributed by atoms with Gasteiger partial charge >= 0.3 is 5.97 Å². The van der Waals surface area contributed by atoms with Crippen LogP contribution in [-0.4, -0.2) is 24.9 Å². The summed E-state index contributed by atoms with van der Waals surface area (Å²) >= 11 is 7.76. The summed E-state index contributed by atoms with van der Waals surface area (Å²) in [5.41, 5.74) is 1.01. The molecule has 2 rings (SSSR count). The molecule has 2 unspecified atom stereocenters. The molecule has 86 valence electrons. The Labute approximate surface area is 104 Å². The maximum Gasteiger partial charge on any atom is 0.323 e. The third kappa shape index (κ3) is 2.34. The summed E-state index contributed by atoms with van der Waals surface area (Å²) in [5.74, 6) is 0.491. The molecule has 5 heteroatoms. The third-order valence-electron chi connectivity index (χ3n) is 2.46. The number of carbonyl (C=O) groups is 1. The van der Waals surface area contributed by atoms with Gasteiger partial charge in [-0.3, -0.25) is 10.1 Å². The van der Waals surface area contributed by atoms with Crippen molar-refractivity contribution in [1.82, 2.24) is 5.32 Å². The zero-order valence-electron chi connectivity index (χ0n) is 8.77. The van der Waals surface area contributed by atoms with E-state index >= 15 is 0 Å². The van der Waals surface area contributed by atoms with Crippen molar-refractivity contribution < 1.29 is 9.53 Å². The second-order valence-corrected chi connectivity index (χ2v) is 5.02. The Balaban J connectivity index is 2.09. The number of rotatable bonds is 2. The molecule has 16 heavy (non-hydrogen) atoms. The fourth-order valence-corrected chi connectivity index (χ4v) is 3.19. The van der Waals surface area contributed by atoms with Gasteiger partial charge in [-0.05, 0) is 11.6 Å². The van der Waals surface area contributed by atoms with Crippen molar-refractivity contribution in [3.8, 4) is 0 Å². The van der Waals surface area contributed by atoms with Crippen molar-refractivity contribution in [2.75, 3.05) is 12.9 Å². The van der Waals surface area contributed by atoms with Gasteiger partial charge in [0.2, 0.25) is 0 Å². The molecule has 0 aromatic heterocycles. The summed E-state index contributed by atoms with van der Waals surface area (Å²) in [6, 6.07) is 7.41. The molecule has 0 radical (unpaired) electrons. The fraction of sp³-hybridized carbons (Fsp3) is 0.364. The lowest BCUT2D eigenvalue weighted by Gasteiger charge is -2.13. The highest BCUT2D eigenvalue weighted by Gasteiger charge is 2.31. The molecule has 1 heterocycles. The molecular formula is C11H12ClNO2S. The van der Waals surface area contributed by atoms with Crippen LogP contribution in [0.15, 0.2) is 24.3 Å². The van der Waals surface area contributed by atoms with E-state index in [-0.39, 0.29) is 17.4 Å². The first-order valence-corrected chi connectivity index (χ1v) is 6.35. The second kappa shape index (κ2) is 5.08. The summed E-state index contributed by atoms with van der Waals surface area (Å²) in [7, 11) is 1.40. The van der Waals surface area contributed by atoms with E-state index in [1.54, 1.807) is 11.8 Å². The lowest BCUT2D eigenvalue weighted by atomic mass is 10.2. The van der Waals surface area contributed by atoms with Crippen LogP contribution in [0.5, 0.6) is 0 Å².